The lowest BCUT2D eigenvalue weighted by molar-refractivity contribution is -0.265. The molecule has 14 heteroatoms. The summed E-state index contributed by atoms with van der Waals surface area (Å²) in [6.07, 6.45) is -3.00. The fourth-order valence-corrected chi connectivity index (χ4v) is 4.82. The number of aromatic nitrogens is 2. The number of benzene rings is 2. The summed E-state index contributed by atoms with van der Waals surface area (Å²) in [5.41, 5.74) is 1.27. The number of hydrogen-bond acceptors (Lipinski definition) is 7. The molecule has 2 aromatic heterocycles. The molecule has 1 atom stereocenters. The van der Waals surface area contributed by atoms with Crippen LogP contribution in [0.2, 0.25) is 0 Å². The third-order valence-electron chi connectivity index (χ3n) is 7.38. The molecule has 0 bridgehead atoms. The monoisotopic (exact) mass is 654 g/mol. The average Bonchev–Trinajstić information content (AvgIpc) is 3.84. The highest BCUT2D eigenvalue weighted by atomic mass is 19.4. The molecule has 0 unspecified atom stereocenters. The van der Waals surface area contributed by atoms with E-state index in [1.807, 2.05) is 0 Å². The number of carbonyl (C=O) groups excluding carboxylic acids is 2. The molecule has 1 saturated carbocycles. The standard InChI is InChI=1S/C33H30F4N4O6/c1-2-46-30-21(15-27(38)42)14-26(41-29(30)18-3-7-22(34)8-4-18)32(45,33(35,36)37)17-40-31(44)19-5-11-24(20-6-12-28(43)39-16-20)25(13-19)47-23-9-10-23/h3-8,11-14,16,23,45H,2,9-10,15,17H2,1H3,(H2,38,42)(H,39,43)(H,40,44)/t32-/m0/s1. The summed E-state index contributed by atoms with van der Waals surface area (Å²) in [4.78, 5) is 43.3. The fraction of sp³-hybridized carbons (Fsp3) is 0.273. The number of ether oxygens (including phenoxy) is 2. The zero-order valence-corrected chi connectivity index (χ0v) is 25.0. The summed E-state index contributed by atoms with van der Waals surface area (Å²) in [6, 6.07) is 12.6. The number of H-pyrrole nitrogens is 1. The first-order valence-electron chi connectivity index (χ1n) is 14.6. The van der Waals surface area contributed by atoms with Crippen LogP contribution in [0.5, 0.6) is 11.5 Å². The molecule has 5 N–H and O–H groups in total. The van der Waals surface area contributed by atoms with E-state index >= 15 is 0 Å². The van der Waals surface area contributed by atoms with E-state index in [2.05, 4.69) is 15.3 Å². The van der Waals surface area contributed by atoms with Crippen molar-refractivity contribution in [2.24, 2.45) is 5.73 Å². The van der Waals surface area contributed by atoms with Crippen LogP contribution in [0.3, 0.4) is 0 Å². The van der Waals surface area contributed by atoms with Crippen LogP contribution in [-0.4, -0.2) is 52.3 Å². The molecule has 2 amide bonds. The van der Waals surface area contributed by atoms with Crippen LogP contribution >= 0.6 is 0 Å². The number of rotatable bonds is 12. The van der Waals surface area contributed by atoms with E-state index in [1.54, 1.807) is 13.0 Å². The van der Waals surface area contributed by atoms with Crippen molar-refractivity contribution in [3.63, 3.8) is 0 Å². The van der Waals surface area contributed by atoms with E-state index in [0.717, 1.165) is 31.0 Å². The Morgan fingerprint density at radius 1 is 1.06 bits per heavy atom. The van der Waals surface area contributed by atoms with Gasteiger partial charge in [-0.3, -0.25) is 14.4 Å². The predicted octanol–water partition coefficient (Wildman–Crippen LogP) is 4.39. The molecule has 2 heterocycles. The van der Waals surface area contributed by atoms with Gasteiger partial charge >= 0.3 is 6.18 Å². The molecule has 47 heavy (non-hydrogen) atoms. The van der Waals surface area contributed by atoms with Crippen molar-refractivity contribution in [3.05, 3.63) is 99.9 Å². The zero-order valence-electron chi connectivity index (χ0n) is 25.0. The molecule has 2 aromatic carbocycles. The normalized spacial score (nSPS) is 14.3. The molecule has 0 radical (unpaired) electrons. The number of nitrogens with two attached hydrogens (primary N) is 1. The minimum Gasteiger partial charge on any atom is -0.491 e. The number of nitrogens with one attached hydrogen (secondary N) is 2. The molecule has 0 aliphatic heterocycles. The highest BCUT2D eigenvalue weighted by Gasteiger charge is 2.56. The van der Waals surface area contributed by atoms with Gasteiger partial charge in [-0.25, -0.2) is 9.37 Å². The molecule has 1 fully saturated rings. The first kappa shape index (κ1) is 33.1. The van der Waals surface area contributed by atoms with Gasteiger partial charge in [-0.1, -0.05) is 0 Å². The van der Waals surface area contributed by atoms with Crippen LogP contribution in [0.25, 0.3) is 22.4 Å². The number of carbonyl (C=O) groups is 2. The van der Waals surface area contributed by atoms with E-state index in [0.29, 0.717) is 11.1 Å². The summed E-state index contributed by atoms with van der Waals surface area (Å²) in [6.45, 7) is 0.274. The lowest BCUT2D eigenvalue weighted by Gasteiger charge is -2.31. The molecule has 10 nitrogen and oxygen atoms in total. The summed E-state index contributed by atoms with van der Waals surface area (Å²) in [5, 5.41) is 13.4. The van der Waals surface area contributed by atoms with Gasteiger partial charge in [0.25, 0.3) is 5.91 Å². The van der Waals surface area contributed by atoms with Gasteiger partial charge in [0.15, 0.2) is 0 Å². The number of pyridine rings is 2. The highest BCUT2D eigenvalue weighted by molar-refractivity contribution is 5.95. The maximum atomic E-state index is 14.7. The van der Waals surface area contributed by atoms with Crippen molar-refractivity contribution >= 4 is 11.8 Å². The van der Waals surface area contributed by atoms with Crippen molar-refractivity contribution in [2.75, 3.05) is 13.2 Å². The minimum absolute atomic E-state index is 0.0357. The fourth-order valence-electron chi connectivity index (χ4n) is 4.82. The highest BCUT2D eigenvalue weighted by Crippen LogP contribution is 2.42. The van der Waals surface area contributed by atoms with Gasteiger partial charge in [0.2, 0.25) is 17.1 Å². The van der Waals surface area contributed by atoms with Crippen molar-refractivity contribution in [2.45, 2.75) is 44.1 Å². The molecule has 5 rings (SSSR count). The van der Waals surface area contributed by atoms with Crippen molar-refractivity contribution in [1.29, 1.82) is 0 Å². The zero-order chi connectivity index (χ0) is 33.9. The van der Waals surface area contributed by atoms with E-state index in [4.69, 9.17) is 15.2 Å². The smallest absolute Gasteiger partial charge is 0.424 e. The first-order chi connectivity index (χ1) is 22.3. The predicted molar refractivity (Wildman–Crippen MR) is 162 cm³/mol. The molecule has 4 aromatic rings. The molecule has 0 saturated heterocycles. The third kappa shape index (κ3) is 7.43. The van der Waals surface area contributed by atoms with Gasteiger partial charge in [-0.05, 0) is 74.4 Å². The Morgan fingerprint density at radius 3 is 2.36 bits per heavy atom. The molecule has 1 aliphatic rings. The molecule has 246 valence electrons. The number of amides is 2. The minimum atomic E-state index is -5.38. The van der Waals surface area contributed by atoms with Crippen LogP contribution in [0.4, 0.5) is 17.6 Å². The Morgan fingerprint density at radius 2 is 1.77 bits per heavy atom. The van der Waals surface area contributed by atoms with Gasteiger partial charge in [-0.15, -0.1) is 0 Å². The largest absolute Gasteiger partial charge is 0.491 e. The van der Waals surface area contributed by atoms with E-state index in [1.165, 1.54) is 42.6 Å². The second-order valence-corrected chi connectivity index (χ2v) is 10.9. The Labute approximate surface area is 265 Å². The SMILES string of the molecule is CCOc1c(CC(N)=O)cc([C@@](O)(CNC(=O)c2ccc(-c3ccc(=O)[nH]c3)c(OC3CC3)c2)C(F)(F)F)nc1-c1ccc(F)cc1. The first-order valence-corrected chi connectivity index (χ1v) is 14.6. The quantitative estimate of drug-likeness (QED) is 0.165. The van der Waals surface area contributed by atoms with Gasteiger partial charge in [0.05, 0.1) is 31.4 Å². The molecule has 1 aliphatic carbocycles. The summed E-state index contributed by atoms with van der Waals surface area (Å²) in [7, 11) is 0. The van der Waals surface area contributed by atoms with E-state index in [-0.39, 0.29) is 52.2 Å². The number of nitrogens with zero attached hydrogens (tertiary/aromatic N) is 1. The van der Waals surface area contributed by atoms with Crippen molar-refractivity contribution < 1.29 is 41.7 Å². The lowest BCUT2D eigenvalue weighted by atomic mass is 9.93. The van der Waals surface area contributed by atoms with Gasteiger partial charge in [0, 0.05) is 40.1 Å². The number of halogens is 4. The topological polar surface area (TPSA) is 157 Å². The van der Waals surface area contributed by atoms with Crippen molar-refractivity contribution in [1.82, 2.24) is 15.3 Å². The second-order valence-electron chi connectivity index (χ2n) is 10.9. The van der Waals surface area contributed by atoms with Crippen LogP contribution in [0, 0.1) is 5.82 Å². The van der Waals surface area contributed by atoms with Crippen LogP contribution in [0.1, 0.15) is 41.4 Å². The number of alkyl halides is 3. The van der Waals surface area contributed by atoms with Gasteiger partial charge in [0.1, 0.15) is 23.0 Å². The maximum Gasteiger partial charge on any atom is 0.424 e. The summed E-state index contributed by atoms with van der Waals surface area (Å²) >= 11 is 0. The lowest BCUT2D eigenvalue weighted by Crippen LogP contribution is -2.51. The molecule has 0 spiro atoms. The summed E-state index contributed by atoms with van der Waals surface area (Å²) < 4.78 is 69.4. The molecular formula is C33H30F4N4O6. The maximum absolute atomic E-state index is 14.7. The molecular weight excluding hydrogens is 624 g/mol. The Bertz CT molecular complexity index is 1840. The Balaban J connectivity index is 1.52. The third-order valence-corrected chi connectivity index (χ3v) is 7.38. The van der Waals surface area contributed by atoms with Crippen LogP contribution in [0.15, 0.2) is 71.7 Å². The van der Waals surface area contributed by atoms with Crippen LogP contribution in [-0.2, 0) is 16.8 Å². The summed E-state index contributed by atoms with van der Waals surface area (Å²) in [5.74, 6) is -2.26. The Hall–Kier alpha value is -5.24. The van der Waals surface area contributed by atoms with Gasteiger partial charge in [-0.2, -0.15) is 13.2 Å². The number of hydrogen-bond donors (Lipinski definition) is 4. The number of aliphatic hydroxyl groups is 1. The number of primary amides is 1. The van der Waals surface area contributed by atoms with E-state index in [9.17, 15) is 37.1 Å². The van der Waals surface area contributed by atoms with E-state index < -0.39 is 48.1 Å². The van der Waals surface area contributed by atoms with Crippen LogP contribution < -0.4 is 26.1 Å². The Kier molecular flexibility index (Phi) is 9.33. The average molecular weight is 655 g/mol. The number of aromatic amines is 1. The van der Waals surface area contributed by atoms with Gasteiger partial charge < -0.3 is 30.6 Å². The second kappa shape index (κ2) is 13.2. The van der Waals surface area contributed by atoms with Crippen molar-refractivity contribution in [3.8, 4) is 33.9 Å².